The highest BCUT2D eigenvalue weighted by molar-refractivity contribution is 6.04. The van der Waals surface area contributed by atoms with Gasteiger partial charge in [-0.3, -0.25) is 4.79 Å². The molecule has 0 saturated carbocycles. The molecule has 0 spiro atoms. The largest absolute Gasteiger partial charge is 0.493 e. The molecule has 0 saturated heterocycles. The van der Waals surface area contributed by atoms with Gasteiger partial charge in [-0.2, -0.15) is 0 Å². The third-order valence-electron chi connectivity index (χ3n) is 4.68. The van der Waals surface area contributed by atoms with E-state index in [1.165, 1.54) is 0 Å². The normalized spacial score (nSPS) is 16.3. The number of hydrogen-bond acceptors (Lipinski definition) is 4. The second-order valence-electron chi connectivity index (χ2n) is 7.41. The van der Waals surface area contributed by atoms with E-state index in [2.05, 4.69) is 24.5 Å². The minimum atomic E-state index is -0.179. The van der Waals surface area contributed by atoms with Crippen LogP contribution in [0.2, 0.25) is 0 Å². The number of nitrogens with one attached hydrogen (secondary N) is 2. The van der Waals surface area contributed by atoms with Gasteiger partial charge in [0.25, 0.3) is 0 Å². The van der Waals surface area contributed by atoms with Crippen LogP contribution in [0, 0.1) is 6.92 Å². The van der Waals surface area contributed by atoms with Gasteiger partial charge in [-0.1, -0.05) is 18.2 Å². The number of carbonyl (C=O) groups excluding carboxylic acids is 1. The van der Waals surface area contributed by atoms with Gasteiger partial charge in [0.15, 0.2) is 11.5 Å². The Hall–Kier alpha value is -2.95. The number of aryl methyl sites for hydroxylation is 1. The number of methoxy groups -OCH3 is 2. The average molecular weight is 366 g/mol. The van der Waals surface area contributed by atoms with Crippen molar-refractivity contribution in [3.8, 4) is 11.5 Å². The van der Waals surface area contributed by atoms with Gasteiger partial charge in [0, 0.05) is 28.6 Å². The Morgan fingerprint density at radius 1 is 1.15 bits per heavy atom. The zero-order chi connectivity index (χ0) is 19.6. The first-order chi connectivity index (χ1) is 12.8. The number of benzene rings is 2. The average Bonchev–Trinajstić information content (AvgIpc) is 2.61. The fourth-order valence-corrected chi connectivity index (χ4v) is 3.40. The lowest BCUT2D eigenvalue weighted by Crippen LogP contribution is -2.44. The number of rotatable bonds is 4. The lowest BCUT2D eigenvalue weighted by atomic mass is 9.85. The van der Waals surface area contributed by atoms with Crippen LogP contribution in [-0.4, -0.2) is 25.7 Å². The van der Waals surface area contributed by atoms with E-state index in [0.717, 1.165) is 34.5 Å². The van der Waals surface area contributed by atoms with Crippen molar-refractivity contribution >= 4 is 17.3 Å². The predicted molar refractivity (Wildman–Crippen MR) is 108 cm³/mol. The Balaban J connectivity index is 1.99. The molecule has 2 N–H and O–H groups in total. The quantitative estimate of drug-likeness (QED) is 0.806. The smallest absolute Gasteiger partial charge is 0.250 e. The SMILES string of the molecule is COc1cc2c(cc1OC)C(=CC(=O)Nc1ccccc1C)NC(C)(C)C2. The first-order valence-electron chi connectivity index (χ1n) is 8.95. The number of para-hydroxylation sites is 1. The Kier molecular flexibility index (Phi) is 5.13. The molecule has 27 heavy (non-hydrogen) atoms. The monoisotopic (exact) mass is 366 g/mol. The molecule has 0 fully saturated rings. The molecule has 0 radical (unpaired) electrons. The van der Waals surface area contributed by atoms with Gasteiger partial charge in [0.05, 0.1) is 14.2 Å². The minimum absolute atomic E-state index is 0.176. The van der Waals surface area contributed by atoms with E-state index in [9.17, 15) is 4.79 Å². The Labute approximate surface area is 160 Å². The molecule has 1 aliphatic rings. The molecule has 0 aromatic heterocycles. The maximum Gasteiger partial charge on any atom is 0.250 e. The molecule has 1 aliphatic heterocycles. The summed E-state index contributed by atoms with van der Waals surface area (Å²) in [6.07, 6.45) is 2.43. The van der Waals surface area contributed by atoms with Crippen molar-refractivity contribution < 1.29 is 14.3 Å². The van der Waals surface area contributed by atoms with Crippen molar-refractivity contribution in [3.05, 3.63) is 59.2 Å². The first kappa shape index (κ1) is 18.8. The number of anilines is 1. The summed E-state index contributed by atoms with van der Waals surface area (Å²) >= 11 is 0. The van der Waals surface area contributed by atoms with E-state index >= 15 is 0 Å². The third kappa shape index (κ3) is 4.08. The lowest BCUT2D eigenvalue weighted by molar-refractivity contribution is -0.111. The van der Waals surface area contributed by atoms with Crippen LogP contribution in [0.4, 0.5) is 5.69 Å². The summed E-state index contributed by atoms with van der Waals surface area (Å²) in [6, 6.07) is 11.6. The zero-order valence-electron chi connectivity index (χ0n) is 16.5. The van der Waals surface area contributed by atoms with Gasteiger partial charge >= 0.3 is 0 Å². The molecule has 3 rings (SSSR count). The molecule has 0 atom stereocenters. The molecular formula is C22H26N2O3. The van der Waals surface area contributed by atoms with Crippen LogP contribution < -0.4 is 20.1 Å². The molecule has 5 heteroatoms. The summed E-state index contributed by atoms with van der Waals surface area (Å²) in [5, 5.41) is 6.43. The second-order valence-corrected chi connectivity index (χ2v) is 7.41. The van der Waals surface area contributed by atoms with E-state index in [4.69, 9.17) is 9.47 Å². The highest BCUT2D eigenvalue weighted by Crippen LogP contribution is 2.37. The summed E-state index contributed by atoms with van der Waals surface area (Å²) < 4.78 is 10.9. The van der Waals surface area contributed by atoms with Gasteiger partial charge in [-0.05, 0) is 56.5 Å². The van der Waals surface area contributed by atoms with Crippen LogP contribution >= 0.6 is 0 Å². The number of amides is 1. The summed E-state index contributed by atoms with van der Waals surface area (Å²) in [6.45, 7) is 6.19. The topological polar surface area (TPSA) is 59.6 Å². The van der Waals surface area contributed by atoms with Crippen LogP contribution in [0.25, 0.3) is 5.70 Å². The van der Waals surface area contributed by atoms with Crippen molar-refractivity contribution in [1.82, 2.24) is 5.32 Å². The maximum atomic E-state index is 12.6. The summed E-state index contributed by atoms with van der Waals surface area (Å²) in [5.74, 6) is 1.16. The first-order valence-corrected chi connectivity index (χ1v) is 8.95. The van der Waals surface area contributed by atoms with E-state index in [0.29, 0.717) is 11.5 Å². The number of ether oxygens (including phenoxy) is 2. The van der Waals surface area contributed by atoms with Gasteiger partial charge in [0.1, 0.15) is 0 Å². The van der Waals surface area contributed by atoms with Crippen LogP contribution in [0.3, 0.4) is 0 Å². The van der Waals surface area contributed by atoms with Crippen molar-refractivity contribution in [2.75, 3.05) is 19.5 Å². The van der Waals surface area contributed by atoms with Crippen molar-refractivity contribution in [3.63, 3.8) is 0 Å². The molecule has 2 aromatic carbocycles. The van der Waals surface area contributed by atoms with Gasteiger partial charge in [-0.15, -0.1) is 0 Å². The van der Waals surface area contributed by atoms with Gasteiger partial charge < -0.3 is 20.1 Å². The van der Waals surface area contributed by atoms with E-state index < -0.39 is 0 Å². The predicted octanol–water partition coefficient (Wildman–Crippen LogP) is 3.92. The molecule has 1 amide bonds. The van der Waals surface area contributed by atoms with Crippen LogP contribution in [-0.2, 0) is 11.2 Å². The molecule has 0 aliphatic carbocycles. The standard InChI is InChI=1S/C22H26N2O3/c1-14-8-6-7-9-17(14)23-21(25)12-18-16-11-20(27-5)19(26-4)10-15(16)13-22(2,3)24-18/h6-12,24H,13H2,1-5H3,(H,23,25). The Morgan fingerprint density at radius 2 is 1.81 bits per heavy atom. The summed E-state index contributed by atoms with van der Waals surface area (Å²) in [5.41, 5.74) is 4.49. The molecule has 0 unspecified atom stereocenters. The van der Waals surface area contributed by atoms with E-state index in [1.807, 2.05) is 43.3 Å². The minimum Gasteiger partial charge on any atom is -0.493 e. The molecule has 2 aromatic rings. The number of hydrogen-bond donors (Lipinski definition) is 2. The lowest BCUT2D eigenvalue weighted by Gasteiger charge is -2.36. The third-order valence-corrected chi connectivity index (χ3v) is 4.68. The summed E-state index contributed by atoms with van der Waals surface area (Å²) in [7, 11) is 3.24. The fourth-order valence-electron chi connectivity index (χ4n) is 3.40. The highest BCUT2D eigenvalue weighted by atomic mass is 16.5. The van der Waals surface area contributed by atoms with Crippen molar-refractivity contribution in [2.24, 2.45) is 0 Å². The van der Waals surface area contributed by atoms with Crippen molar-refractivity contribution in [1.29, 1.82) is 0 Å². The molecule has 1 heterocycles. The molecule has 142 valence electrons. The Bertz CT molecular complexity index is 900. The fraction of sp³-hybridized carbons (Fsp3) is 0.318. The number of carbonyl (C=O) groups is 1. The highest BCUT2D eigenvalue weighted by Gasteiger charge is 2.29. The van der Waals surface area contributed by atoms with Gasteiger partial charge in [-0.25, -0.2) is 0 Å². The van der Waals surface area contributed by atoms with E-state index in [-0.39, 0.29) is 11.4 Å². The molecular weight excluding hydrogens is 340 g/mol. The zero-order valence-corrected chi connectivity index (χ0v) is 16.5. The van der Waals surface area contributed by atoms with E-state index in [1.54, 1.807) is 20.3 Å². The van der Waals surface area contributed by atoms with Crippen LogP contribution in [0.5, 0.6) is 11.5 Å². The Morgan fingerprint density at radius 3 is 2.48 bits per heavy atom. The van der Waals surface area contributed by atoms with Crippen molar-refractivity contribution in [2.45, 2.75) is 32.7 Å². The second kappa shape index (κ2) is 7.35. The maximum absolute atomic E-state index is 12.6. The van der Waals surface area contributed by atoms with Gasteiger partial charge in [0.2, 0.25) is 5.91 Å². The van der Waals surface area contributed by atoms with Crippen LogP contribution in [0.1, 0.15) is 30.5 Å². The number of fused-ring (bicyclic) bond motifs is 1. The molecule has 0 bridgehead atoms. The summed E-state index contributed by atoms with van der Waals surface area (Å²) in [4.78, 5) is 12.6. The van der Waals surface area contributed by atoms with Crippen LogP contribution in [0.15, 0.2) is 42.5 Å². The molecule has 5 nitrogen and oxygen atoms in total.